The van der Waals surface area contributed by atoms with Crippen LogP contribution in [-0.2, 0) is 10.0 Å². The first-order valence-corrected chi connectivity index (χ1v) is 11.6. The molecule has 2 fully saturated rings. The summed E-state index contributed by atoms with van der Waals surface area (Å²) in [7, 11) is -4.14. The Kier molecular flexibility index (Phi) is 5.47. The molecule has 2 N–H and O–H groups in total. The highest BCUT2D eigenvalue weighted by Crippen LogP contribution is 2.35. The molecule has 28 heavy (non-hydrogen) atoms. The summed E-state index contributed by atoms with van der Waals surface area (Å²) < 4.78 is 55.2. The van der Waals surface area contributed by atoms with Crippen LogP contribution in [0.4, 0.5) is 19.6 Å². The number of halogens is 3. The number of hydrogen-bond acceptors (Lipinski definition) is 6. The maximum atomic E-state index is 14.5. The fraction of sp³-hybridized carbons (Fsp3) is 0.471. The number of sulfonamides is 1. The number of anilines is 2. The smallest absolute Gasteiger partial charge is 0.266 e. The molecule has 2 aliphatic rings. The van der Waals surface area contributed by atoms with Crippen LogP contribution in [0.15, 0.2) is 28.6 Å². The molecule has 2 saturated heterocycles. The molecule has 1 aromatic carbocycles. The molecule has 0 amide bonds. The fourth-order valence-electron chi connectivity index (χ4n) is 3.94. The van der Waals surface area contributed by atoms with E-state index in [-0.39, 0.29) is 22.1 Å². The molecule has 4 rings (SSSR count). The minimum atomic E-state index is -4.14. The van der Waals surface area contributed by atoms with E-state index in [1.165, 1.54) is 6.20 Å². The van der Waals surface area contributed by atoms with E-state index in [0.29, 0.717) is 25.2 Å². The Morgan fingerprint density at radius 3 is 2.96 bits per heavy atom. The van der Waals surface area contributed by atoms with Crippen molar-refractivity contribution in [3.8, 4) is 0 Å². The van der Waals surface area contributed by atoms with E-state index < -0.39 is 26.9 Å². The largest absolute Gasteiger partial charge is 0.383 e. The topological polar surface area (TPSA) is 74.3 Å². The Hall–Kier alpha value is -1.49. The minimum Gasteiger partial charge on any atom is -0.383 e. The molecule has 0 aliphatic carbocycles. The molecule has 2 aromatic rings. The molecule has 2 aliphatic heterocycles. The lowest BCUT2D eigenvalue weighted by Crippen LogP contribution is -2.29. The molecule has 11 heteroatoms. The highest BCUT2D eigenvalue weighted by molar-refractivity contribution is 7.93. The van der Waals surface area contributed by atoms with Crippen LogP contribution < -0.4 is 10.0 Å². The van der Waals surface area contributed by atoms with Gasteiger partial charge in [-0.15, -0.1) is 11.3 Å². The Morgan fingerprint density at radius 1 is 1.39 bits per heavy atom. The van der Waals surface area contributed by atoms with Gasteiger partial charge in [0, 0.05) is 30.7 Å². The zero-order valence-corrected chi connectivity index (χ0v) is 17.1. The normalized spacial score (nSPS) is 25.0. The number of nitrogens with one attached hydrogen (secondary N) is 2. The third-order valence-corrected chi connectivity index (χ3v) is 7.73. The summed E-state index contributed by atoms with van der Waals surface area (Å²) in [5, 5.41) is 4.95. The number of fused-ring (bicyclic) bond motifs is 1. The number of rotatable bonds is 6. The Labute approximate surface area is 171 Å². The Bertz CT molecular complexity index is 958. The number of nitrogens with zero attached hydrogens (tertiary/aromatic N) is 2. The van der Waals surface area contributed by atoms with E-state index in [4.69, 9.17) is 11.6 Å². The molecular formula is C17H19ClF2N4O2S2. The maximum absolute atomic E-state index is 14.5. The number of aromatic nitrogens is 1. The predicted molar refractivity (Wildman–Crippen MR) is 106 cm³/mol. The number of thiazole rings is 1. The van der Waals surface area contributed by atoms with Crippen molar-refractivity contribution in [1.29, 1.82) is 0 Å². The van der Waals surface area contributed by atoms with E-state index in [0.717, 1.165) is 36.4 Å². The standard InChI is InChI=1S/C17H19ClF2N4O2S2/c18-12-6-16(28(25,26)23-17-21-2-4-27-17)13(20)7-14(12)22-8-10-1-3-24-9-11(19)5-15(10)24/h2,4,6-7,10-11,15,22H,1,3,5,8-9H2,(H,21,23)/t10-,11?,15?/m0/s1. The second kappa shape index (κ2) is 7.74. The SMILES string of the molecule is O=S(=O)(Nc1nccs1)c1cc(Cl)c(NC[C@@H]2CCN3CC(F)CC23)cc1F. The molecule has 1 aromatic heterocycles. The summed E-state index contributed by atoms with van der Waals surface area (Å²) in [5.41, 5.74) is 0.320. The monoisotopic (exact) mass is 448 g/mol. The van der Waals surface area contributed by atoms with Gasteiger partial charge in [-0.05, 0) is 37.4 Å². The molecule has 3 atom stereocenters. The van der Waals surface area contributed by atoms with Crippen LogP contribution in [0.25, 0.3) is 0 Å². The van der Waals surface area contributed by atoms with Crippen molar-refractivity contribution in [2.24, 2.45) is 5.92 Å². The van der Waals surface area contributed by atoms with Crippen molar-refractivity contribution in [2.45, 2.75) is 30.0 Å². The molecule has 6 nitrogen and oxygen atoms in total. The average molecular weight is 449 g/mol. The Balaban J connectivity index is 1.47. The van der Waals surface area contributed by atoms with Crippen molar-refractivity contribution in [2.75, 3.05) is 29.7 Å². The first-order valence-electron chi connectivity index (χ1n) is 8.87. The first kappa shape index (κ1) is 19.8. The van der Waals surface area contributed by atoms with Crippen molar-refractivity contribution < 1.29 is 17.2 Å². The quantitative estimate of drug-likeness (QED) is 0.706. The number of hydrogen-bond donors (Lipinski definition) is 2. The highest BCUT2D eigenvalue weighted by atomic mass is 35.5. The maximum Gasteiger partial charge on any atom is 0.266 e. The van der Waals surface area contributed by atoms with Crippen molar-refractivity contribution >= 4 is 43.8 Å². The van der Waals surface area contributed by atoms with Gasteiger partial charge < -0.3 is 5.32 Å². The van der Waals surface area contributed by atoms with Crippen LogP contribution in [-0.4, -0.2) is 50.1 Å². The summed E-state index contributed by atoms with van der Waals surface area (Å²) >= 11 is 7.29. The number of alkyl halides is 1. The van der Waals surface area contributed by atoms with E-state index in [9.17, 15) is 17.2 Å². The van der Waals surface area contributed by atoms with Gasteiger partial charge in [-0.2, -0.15) is 0 Å². The summed E-state index contributed by atoms with van der Waals surface area (Å²) in [4.78, 5) is 5.44. The van der Waals surface area contributed by atoms with Crippen molar-refractivity contribution in [1.82, 2.24) is 9.88 Å². The third kappa shape index (κ3) is 3.96. The first-order chi connectivity index (χ1) is 13.3. The molecule has 3 heterocycles. The molecule has 152 valence electrons. The van der Waals surface area contributed by atoms with Crippen LogP contribution in [0.2, 0.25) is 5.02 Å². The summed E-state index contributed by atoms with van der Waals surface area (Å²) in [6.07, 6.45) is 2.12. The van der Waals surface area contributed by atoms with Crippen LogP contribution in [0.1, 0.15) is 12.8 Å². The molecule has 0 bridgehead atoms. The summed E-state index contributed by atoms with van der Waals surface area (Å²) in [6, 6.07) is 2.36. The van der Waals surface area contributed by atoms with Crippen LogP contribution >= 0.6 is 22.9 Å². The van der Waals surface area contributed by atoms with Crippen LogP contribution in [0.3, 0.4) is 0 Å². The molecule has 2 unspecified atom stereocenters. The van der Waals surface area contributed by atoms with Gasteiger partial charge in [0.15, 0.2) is 5.13 Å². The summed E-state index contributed by atoms with van der Waals surface area (Å²) in [5.74, 6) is -0.663. The zero-order valence-electron chi connectivity index (χ0n) is 14.7. The molecule has 0 saturated carbocycles. The molecular weight excluding hydrogens is 430 g/mol. The Morgan fingerprint density at radius 2 is 2.21 bits per heavy atom. The highest BCUT2D eigenvalue weighted by Gasteiger charge is 2.41. The lowest BCUT2D eigenvalue weighted by Gasteiger charge is -2.21. The van der Waals surface area contributed by atoms with Gasteiger partial charge in [0.25, 0.3) is 10.0 Å². The van der Waals surface area contributed by atoms with Gasteiger partial charge in [-0.25, -0.2) is 22.2 Å². The predicted octanol–water partition coefficient (Wildman–Crippen LogP) is 3.58. The summed E-state index contributed by atoms with van der Waals surface area (Å²) in [6.45, 7) is 1.87. The average Bonchev–Trinajstić information content (AvgIpc) is 3.33. The second-order valence-electron chi connectivity index (χ2n) is 7.03. The number of benzene rings is 1. The second-order valence-corrected chi connectivity index (χ2v) is 9.98. The van der Waals surface area contributed by atoms with Gasteiger partial charge >= 0.3 is 0 Å². The third-order valence-electron chi connectivity index (χ3n) is 5.25. The molecule has 0 radical (unpaired) electrons. The van der Waals surface area contributed by atoms with E-state index >= 15 is 0 Å². The molecule has 0 spiro atoms. The minimum absolute atomic E-state index is 0.102. The van der Waals surface area contributed by atoms with Crippen molar-refractivity contribution in [3.05, 3.63) is 34.5 Å². The van der Waals surface area contributed by atoms with Gasteiger partial charge in [0.1, 0.15) is 16.9 Å². The zero-order chi connectivity index (χ0) is 19.9. The van der Waals surface area contributed by atoms with Gasteiger partial charge in [0.2, 0.25) is 0 Å². The van der Waals surface area contributed by atoms with Crippen LogP contribution in [0.5, 0.6) is 0 Å². The van der Waals surface area contributed by atoms with E-state index in [1.54, 1.807) is 5.38 Å². The van der Waals surface area contributed by atoms with Crippen molar-refractivity contribution in [3.63, 3.8) is 0 Å². The van der Waals surface area contributed by atoms with E-state index in [2.05, 4.69) is 19.9 Å². The van der Waals surface area contributed by atoms with Crippen LogP contribution in [0, 0.1) is 11.7 Å². The van der Waals surface area contributed by atoms with E-state index in [1.807, 2.05) is 0 Å². The van der Waals surface area contributed by atoms with Gasteiger partial charge in [0.05, 0.1) is 10.7 Å². The van der Waals surface area contributed by atoms with Gasteiger partial charge in [-0.1, -0.05) is 11.6 Å². The lowest BCUT2D eigenvalue weighted by atomic mass is 9.98. The van der Waals surface area contributed by atoms with Gasteiger partial charge in [-0.3, -0.25) is 9.62 Å². The fourth-order valence-corrected chi connectivity index (χ4v) is 6.11. The lowest BCUT2D eigenvalue weighted by molar-refractivity contribution is 0.284.